The number of hydrogen-bond donors (Lipinski definition) is 1. The highest BCUT2D eigenvalue weighted by Gasteiger charge is 2.12. The van der Waals surface area contributed by atoms with Crippen LogP contribution in [0.15, 0.2) is 42.5 Å². The van der Waals surface area contributed by atoms with E-state index >= 15 is 0 Å². The lowest BCUT2D eigenvalue weighted by atomic mass is 9.90. The summed E-state index contributed by atoms with van der Waals surface area (Å²) in [6, 6.07) is 13.8. The highest BCUT2D eigenvalue weighted by atomic mass is 19.1. The largest absolute Gasteiger partial charge is 0.319 e. The highest BCUT2D eigenvalue weighted by Crippen LogP contribution is 2.18. The molecule has 0 amide bonds. The van der Waals surface area contributed by atoms with Crippen LogP contribution in [0.5, 0.6) is 0 Å². The topological polar surface area (TPSA) is 12.0 Å². The van der Waals surface area contributed by atoms with Crippen molar-refractivity contribution in [3.8, 4) is 0 Å². The van der Waals surface area contributed by atoms with Crippen LogP contribution in [0.25, 0.3) is 0 Å². The molecular formula is C19H24FN. The van der Waals surface area contributed by atoms with Crippen molar-refractivity contribution in [3.63, 3.8) is 0 Å². The number of benzene rings is 2. The Hall–Kier alpha value is -1.67. The molecule has 2 heteroatoms. The van der Waals surface area contributed by atoms with Crippen molar-refractivity contribution in [1.29, 1.82) is 0 Å². The molecule has 0 aliphatic carbocycles. The molecule has 1 unspecified atom stereocenters. The Kier molecular flexibility index (Phi) is 5.51. The predicted octanol–water partition coefficient (Wildman–Crippen LogP) is 4.06. The van der Waals surface area contributed by atoms with Crippen LogP contribution in [0.1, 0.15) is 22.3 Å². The molecule has 2 aromatic carbocycles. The third kappa shape index (κ3) is 4.68. The van der Waals surface area contributed by atoms with Gasteiger partial charge in [-0.2, -0.15) is 0 Å². The van der Waals surface area contributed by atoms with Gasteiger partial charge < -0.3 is 5.32 Å². The van der Waals surface area contributed by atoms with E-state index in [0.29, 0.717) is 5.92 Å². The molecule has 0 saturated carbocycles. The van der Waals surface area contributed by atoms with Crippen molar-refractivity contribution in [3.05, 3.63) is 70.5 Å². The SMILES string of the molecule is CNCC(Cc1ccc(C)cc1)Cc1cc(F)ccc1C. The second-order valence-electron chi connectivity index (χ2n) is 5.89. The van der Waals surface area contributed by atoms with Crippen LogP contribution in [-0.2, 0) is 12.8 Å². The van der Waals surface area contributed by atoms with Gasteiger partial charge in [0.25, 0.3) is 0 Å². The second kappa shape index (κ2) is 7.37. The molecule has 1 N–H and O–H groups in total. The number of aryl methyl sites for hydroxylation is 2. The Bertz CT molecular complexity index is 575. The highest BCUT2D eigenvalue weighted by molar-refractivity contribution is 5.28. The summed E-state index contributed by atoms with van der Waals surface area (Å²) in [7, 11) is 1.97. The zero-order valence-electron chi connectivity index (χ0n) is 13.1. The van der Waals surface area contributed by atoms with Crippen LogP contribution in [0.3, 0.4) is 0 Å². The predicted molar refractivity (Wildman–Crippen MR) is 87.1 cm³/mol. The molecule has 112 valence electrons. The first-order valence-electron chi connectivity index (χ1n) is 7.53. The van der Waals surface area contributed by atoms with Crippen molar-refractivity contribution < 1.29 is 4.39 Å². The molecule has 0 radical (unpaired) electrons. The maximum absolute atomic E-state index is 13.4. The van der Waals surface area contributed by atoms with E-state index in [1.54, 1.807) is 6.07 Å². The Labute approximate surface area is 127 Å². The molecule has 0 aliphatic rings. The maximum Gasteiger partial charge on any atom is 0.123 e. The van der Waals surface area contributed by atoms with Gasteiger partial charge in [0.2, 0.25) is 0 Å². The molecule has 0 aliphatic heterocycles. The lowest BCUT2D eigenvalue weighted by molar-refractivity contribution is 0.490. The van der Waals surface area contributed by atoms with Gasteiger partial charge in [0.05, 0.1) is 0 Å². The minimum atomic E-state index is -0.144. The van der Waals surface area contributed by atoms with E-state index in [4.69, 9.17) is 0 Å². The van der Waals surface area contributed by atoms with Crippen LogP contribution in [-0.4, -0.2) is 13.6 Å². The normalized spacial score (nSPS) is 12.4. The smallest absolute Gasteiger partial charge is 0.123 e. The van der Waals surface area contributed by atoms with Crippen molar-refractivity contribution in [1.82, 2.24) is 5.32 Å². The third-order valence-corrected chi connectivity index (χ3v) is 3.96. The van der Waals surface area contributed by atoms with Crippen LogP contribution >= 0.6 is 0 Å². The fraction of sp³-hybridized carbons (Fsp3) is 0.368. The molecule has 1 nitrogen and oxygen atoms in total. The van der Waals surface area contributed by atoms with Crippen molar-refractivity contribution in [2.24, 2.45) is 5.92 Å². The first kappa shape index (κ1) is 15.7. The average molecular weight is 285 g/mol. The summed E-state index contributed by atoms with van der Waals surface area (Å²) in [5, 5.41) is 3.26. The van der Waals surface area contributed by atoms with Gasteiger partial charge in [-0.15, -0.1) is 0 Å². The zero-order chi connectivity index (χ0) is 15.2. The molecule has 2 rings (SSSR count). The Morgan fingerprint density at radius 3 is 2.38 bits per heavy atom. The minimum Gasteiger partial charge on any atom is -0.319 e. The van der Waals surface area contributed by atoms with Crippen LogP contribution in [0, 0.1) is 25.6 Å². The van der Waals surface area contributed by atoms with Crippen LogP contribution < -0.4 is 5.32 Å². The van der Waals surface area contributed by atoms with E-state index in [0.717, 1.165) is 24.9 Å². The monoisotopic (exact) mass is 285 g/mol. The van der Waals surface area contributed by atoms with Crippen LogP contribution in [0.2, 0.25) is 0 Å². The van der Waals surface area contributed by atoms with E-state index in [1.165, 1.54) is 22.8 Å². The molecule has 0 fully saturated rings. The summed E-state index contributed by atoms with van der Waals surface area (Å²) >= 11 is 0. The molecule has 0 aromatic heterocycles. The Morgan fingerprint density at radius 1 is 1.00 bits per heavy atom. The first-order valence-corrected chi connectivity index (χ1v) is 7.53. The molecule has 21 heavy (non-hydrogen) atoms. The molecule has 1 atom stereocenters. The Morgan fingerprint density at radius 2 is 1.71 bits per heavy atom. The number of hydrogen-bond acceptors (Lipinski definition) is 1. The molecule has 0 saturated heterocycles. The molecular weight excluding hydrogens is 261 g/mol. The van der Waals surface area contributed by atoms with Gasteiger partial charge in [0.15, 0.2) is 0 Å². The van der Waals surface area contributed by atoms with Gasteiger partial charge in [-0.05, 0) is 75.0 Å². The van der Waals surface area contributed by atoms with Crippen molar-refractivity contribution in [2.45, 2.75) is 26.7 Å². The van der Waals surface area contributed by atoms with Gasteiger partial charge in [0.1, 0.15) is 5.82 Å². The summed E-state index contributed by atoms with van der Waals surface area (Å²) in [4.78, 5) is 0. The summed E-state index contributed by atoms with van der Waals surface area (Å²) in [5.74, 6) is 0.326. The minimum absolute atomic E-state index is 0.144. The van der Waals surface area contributed by atoms with E-state index in [2.05, 4.69) is 43.4 Å². The van der Waals surface area contributed by atoms with E-state index in [9.17, 15) is 4.39 Å². The number of rotatable bonds is 6. The van der Waals surface area contributed by atoms with E-state index in [1.807, 2.05) is 13.1 Å². The number of nitrogens with one attached hydrogen (secondary N) is 1. The first-order chi connectivity index (χ1) is 10.1. The molecule has 2 aromatic rings. The number of halogens is 1. The fourth-order valence-corrected chi connectivity index (χ4v) is 2.73. The quantitative estimate of drug-likeness (QED) is 0.844. The Balaban J connectivity index is 2.11. The summed E-state index contributed by atoms with van der Waals surface area (Å²) in [6.07, 6.45) is 1.91. The van der Waals surface area contributed by atoms with Crippen molar-refractivity contribution in [2.75, 3.05) is 13.6 Å². The zero-order valence-corrected chi connectivity index (χ0v) is 13.1. The molecule has 0 spiro atoms. The molecule has 0 heterocycles. The van der Waals surface area contributed by atoms with Gasteiger partial charge in [-0.25, -0.2) is 4.39 Å². The summed E-state index contributed by atoms with van der Waals surface area (Å²) in [6.45, 7) is 5.09. The van der Waals surface area contributed by atoms with Gasteiger partial charge in [-0.1, -0.05) is 35.9 Å². The van der Waals surface area contributed by atoms with Gasteiger partial charge >= 0.3 is 0 Å². The van der Waals surface area contributed by atoms with E-state index in [-0.39, 0.29) is 5.82 Å². The summed E-state index contributed by atoms with van der Waals surface area (Å²) in [5.41, 5.74) is 4.91. The second-order valence-corrected chi connectivity index (χ2v) is 5.89. The lowest BCUT2D eigenvalue weighted by Crippen LogP contribution is -2.23. The molecule has 0 bridgehead atoms. The average Bonchev–Trinajstić information content (AvgIpc) is 2.45. The summed E-state index contributed by atoms with van der Waals surface area (Å²) < 4.78 is 13.4. The van der Waals surface area contributed by atoms with E-state index < -0.39 is 0 Å². The van der Waals surface area contributed by atoms with Crippen molar-refractivity contribution >= 4 is 0 Å². The van der Waals surface area contributed by atoms with Gasteiger partial charge in [-0.3, -0.25) is 0 Å². The maximum atomic E-state index is 13.4. The standard InChI is InChI=1S/C19H24FN/c1-14-4-7-16(8-5-14)10-17(13-21-3)11-18-12-19(20)9-6-15(18)2/h4-9,12,17,21H,10-11,13H2,1-3H3. The third-order valence-electron chi connectivity index (χ3n) is 3.96. The van der Waals surface area contributed by atoms with Crippen LogP contribution in [0.4, 0.5) is 4.39 Å². The fourth-order valence-electron chi connectivity index (χ4n) is 2.73. The lowest BCUT2D eigenvalue weighted by Gasteiger charge is -2.18. The van der Waals surface area contributed by atoms with Gasteiger partial charge in [0, 0.05) is 0 Å².